The van der Waals surface area contributed by atoms with Crippen molar-refractivity contribution >= 4 is 12.0 Å². The molecule has 19 heavy (non-hydrogen) atoms. The first-order valence-electron chi connectivity index (χ1n) is 6.57. The minimum absolute atomic E-state index is 0.230. The number of rotatable bonds is 2. The second-order valence-electron chi connectivity index (χ2n) is 5.92. The van der Waals surface area contributed by atoms with E-state index in [1.54, 1.807) is 11.1 Å². The van der Waals surface area contributed by atoms with Crippen molar-refractivity contribution in [1.29, 1.82) is 0 Å². The summed E-state index contributed by atoms with van der Waals surface area (Å²) in [6.45, 7) is 7.01. The van der Waals surface area contributed by atoms with Crippen LogP contribution >= 0.6 is 0 Å². The second-order valence-corrected chi connectivity index (χ2v) is 5.92. The highest BCUT2D eigenvalue weighted by atomic mass is 16.6. The average molecular weight is 266 g/mol. The van der Waals surface area contributed by atoms with Crippen LogP contribution in [0.3, 0.4) is 0 Å². The molecule has 1 aliphatic heterocycles. The van der Waals surface area contributed by atoms with Gasteiger partial charge in [0.1, 0.15) is 5.60 Å². The molecule has 1 fully saturated rings. The van der Waals surface area contributed by atoms with Crippen LogP contribution in [0, 0.1) is 0 Å². The standard InChI is InChI=1S/C13H22N4O2/c1-13(2,3)19-12(18)17-7-5-10(9-17)15-11-14-6-8-16(11)4/h6,8,10H,5,7,9H2,1-4H3,(H,14,15). The largest absolute Gasteiger partial charge is 0.444 e. The fourth-order valence-corrected chi connectivity index (χ4v) is 2.06. The molecule has 6 nitrogen and oxygen atoms in total. The molecule has 1 atom stereocenters. The van der Waals surface area contributed by atoms with Gasteiger partial charge in [0.25, 0.3) is 0 Å². The Kier molecular flexibility index (Phi) is 3.68. The number of aryl methyl sites for hydroxylation is 1. The van der Waals surface area contributed by atoms with Crippen molar-refractivity contribution in [3.63, 3.8) is 0 Å². The van der Waals surface area contributed by atoms with Crippen LogP contribution in [0.2, 0.25) is 0 Å². The smallest absolute Gasteiger partial charge is 0.410 e. The van der Waals surface area contributed by atoms with E-state index < -0.39 is 5.60 Å². The van der Waals surface area contributed by atoms with E-state index in [4.69, 9.17) is 4.74 Å². The van der Waals surface area contributed by atoms with Crippen molar-refractivity contribution in [1.82, 2.24) is 14.5 Å². The highest BCUT2D eigenvalue weighted by molar-refractivity contribution is 5.68. The number of imidazole rings is 1. The van der Waals surface area contributed by atoms with Gasteiger partial charge in [-0.3, -0.25) is 0 Å². The number of anilines is 1. The van der Waals surface area contributed by atoms with E-state index in [2.05, 4.69) is 10.3 Å². The van der Waals surface area contributed by atoms with Crippen LogP contribution in [0.25, 0.3) is 0 Å². The topological polar surface area (TPSA) is 59.4 Å². The van der Waals surface area contributed by atoms with Crippen LogP contribution in [0.15, 0.2) is 12.4 Å². The minimum Gasteiger partial charge on any atom is -0.444 e. The molecule has 6 heteroatoms. The third kappa shape index (κ3) is 3.62. The lowest BCUT2D eigenvalue weighted by Gasteiger charge is -2.24. The van der Waals surface area contributed by atoms with Crippen molar-refractivity contribution < 1.29 is 9.53 Å². The molecule has 1 aromatic heterocycles. The van der Waals surface area contributed by atoms with E-state index in [-0.39, 0.29) is 12.1 Å². The molecule has 2 heterocycles. The Morgan fingerprint density at radius 3 is 2.84 bits per heavy atom. The maximum atomic E-state index is 11.9. The van der Waals surface area contributed by atoms with Gasteiger partial charge >= 0.3 is 6.09 Å². The average Bonchev–Trinajstić information content (AvgIpc) is 2.87. The molecule has 1 saturated heterocycles. The Labute approximate surface area is 113 Å². The molecule has 106 valence electrons. The molecule has 1 N–H and O–H groups in total. The van der Waals surface area contributed by atoms with Gasteiger partial charge < -0.3 is 19.5 Å². The van der Waals surface area contributed by atoms with Gasteiger partial charge in [0, 0.05) is 38.6 Å². The monoisotopic (exact) mass is 266 g/mol. The quantitative estimate of drug-likeness (QED) is 0.887. The minimum atomic E-state index is -0.442. The van der Waals surface area contributed by atoms with Gasteiger partial charge in [0.2, 0.25) is 5.95 Å². The Morgan fingerprint density at radius 2 is 2.26 bits per heavy atom. The Bertz CT molecular complexity index is 450. The summed E-state index contributed by atoms with van der Waals surface area (Å²) in [5.74, 6) is 0.830. The number of hydrogen-bond acceptors (Lipinski definition) is 4. The number of carbonyl (C=O) groups is 1. The molecule has 0 aliphatic carbocycles. The molecule has 0 radical (unpaired) electrons. The zero-order valence-electron chi connectivity index (χ0n) is 12.0. The van der Waals surface area contributed by atoms with Gasteiger partial charge in [0.15, 0.2) is 0 Å². The predicted molar refractivity (Wildman–Crippen MR) is 73.0 cm³/mol. The molecule has 1 aliphatic rings. The van der Waals surface area contributed by atoms with E-state index >= 15 is 0 Å². The summed E-state index contributed by atoms with van der Waals surface area (Å²) in [4.78, 5) is 17.9. The van der Waals surface area contributed by atoms with E-state index in [1.165, 1.54) is 0 Å². The van der Waals surface area contributed by atoms with Crippen LogP contribution < -0.4 is 5.32 Å². The van der Waals surface area contributed by atoms with Gasteiger partial charge in [-0.2, -0.15) is 0 Å². The lowest BCUT2D eigenvalue weighted by molar-refractivity contribution is 0.0293. The van der Waals surface area contributed by atoms with Crippen molar-refractivity contribution in [3.05, 3.63) is 12.4 Å². The number of aromatic nitrogens is 2. The number of carbonyl (C=O) groups excluding carboxylic acids is 1. The molecular weight excluding hydrogens is 244 g/mol. The fraction of sp³-hybridized carbons (Fsp3) is 0.692. The van der Waals surface area contributed by atoms with Crippen LogP contribution in [-0.2, 0) is 11.8 Å². The summed E-state index contributed by atoms with van der Waals surface area (Å²) >= 11 is 0. The molecule has 1 amide bonds. The first-order chi connectivity index (χ1) is 8.85. The third-order valence-corrected chi connectivity index (χ3v) is 2.99. The summed E-state index contributed by atoms with van der Waals surface area (Å²) in [6.07, 6.45) is 4.31. The zero-order valence-corrected chi connectivity index (χ0v) is 12.0. The molecule has 2 rings (SSSR count). The Balaban J connectivity index is 1.86. The predicted octanol–water partition coefficient (Wildman–Crippen LogP) is 1.84. The van der Waals surface area contributed by atoms with Crippen molar-refractivity contribution in [2.45, 2.75) is 38.8 Å². The molecule has 1 unspecified atom stereocenters. The first kappa shape index (κ1) is 13.7. The highest BCUT2D eigenvalue weighted by Crippen LogP contribution is 2.17. The van der Waals surface area contributed by atoms with Crippen molar-refractivity contribution in [2.24, 2.45) is 7.05 Å². The van der Waals surface area contributed by atoms with E-state index in [0.717, 1.165) is 18.9 Å². The summed E-state index contributed by atoms with van der Waals surface area (Å²) in [6, 6.07) is 0.230. The van der Waals surface area contributed by atoms with Crippen LogP contribution in [0.4, 0.5) is 10.7 Å². The normalized spacial score (nSPS) is 19.6. The summed E-state index contributed by atoms with van der Waals surface area (Å²) in [5, 5.41) is 3.34. The van der Waals surface area contributed by atoms with Crippen LogP contribution in [-0.4, -0.2) is 45.3 Å². The van der Waals surface area contributed by atoms with Crippen molar-refractivity contribution in [2.75, 3.05) is 18.4 Å². The number of likely N-dealkylation sites (tertiary alicyclic amines) is 1. The molecule has 0 saturated carbocycles. The summed E-state index contributed by atoms with van der Waals surface area (Å²) in [7, 11) is 1.94. The number of ether oxygens (including phenoxy) is 1. The van der Waals surface area contributed by atoms with E-state index in [0.29, 0.717) is 6.54 Å². The number of amides is 1. The Morgan fingerprint density at radius 1 is 1.53 bits per heavy atom. The number of nitrogens with one attached hydrogen (secondary N) is 1. The summed E-state index contributed by atoms with van der Waals surface area (Å²) in [5.41, 5.74) is -0.442. The highest BCUT2D eigenvalue weighted by Gasteiger charge is 2.30. The SMILES string of the molecule is Cn1ccnc1NC1CCN(C(=O)OC(C)(C)C)C1. The third-order valence-electron chi connectivity index (χ3n) is 2.99. The van der Waals surface area contributed by atoms with Crippen LogP contribution in [0.1, 0.15) is 27.2 Å². The maximum absolute atomic E-state index is 11.9. The Hall–Kier alpha value is -1.72. The lowest BCUT2D eigenvalue weighted by Crippen LogP contribution is -2.36. The fourth-order valence-electron chi connectivity index (χ4n) is 2.06. The molecule has 1 aromatic rings. The van der Waals surface area contributed by atoms with Gasteiger partial charge in [-0.05, 0) is 27.2 Å². The van der Waals surface area contributed by atoms with Gasteiger partial charge in [-0.25, -0.2) is 9.78 Å². The van der Waals surface area contributed by atoms with Gasteiger partial charge in [-0.15, -0.1) is 0 Å². The maximum Gasteiger partial charge on any atom is 0.410 e. The summed E-state index contributed by atoms with van der Waals surface area (Å²) < 4.78 is 7.29. The molecule has 0 aromatic carbocycles. The molecule has 0 spiro atoms. The van der Waals surface area contributed by atoms with E-state index in [9.17, 15) is 4.79 Å². The lowest BCUT2D eigenvalue weighted by atomic mass is 10.2. The van der Waals surface area contributed by atoms with Gasteiger partial charge in [0.05, 0.1) is 0 Å². The first-order valence-corrected chi connectivity index (χ1v) is 6.57. The van der Waals surface area contributed by atoms with E-state index in [1.807, 2.05) is 38.6 Å². The van der Waals surface area contributed by atoms with Crippen molar-refractivity contribution in [3.8, 4) is 0 Å². The zero-order chi connectivity index (χ0) is 14.0. The second kappa shape index (κ2) is 5.11. The van der Waals surface area contributed by atoms with Crippen LogP contribution in [0.5, 0.6) is 0 Å². The van der Waals surface area contributed by atoms with Gasteiger partial charge in [-0.1, -0.05) is 0 Å². The number of hydrogen-bond donors (Lipinski definition) is 1. The molecule has 0 bridgehead atoms. The molecular formula is C13H22N4O2. The number of nitrogens with zero attached hydrogens (tertiary/aromatic N) is 3.